The van der Waals surface area contributed by atoms with Crippen LogP contribution in [0, 0.1) is 0 Å². The van der Waals surface area contributed by atoms with Crippen molar-refractivity contribution in [3.63, 3.8) is 0 Å². The molecule has 0 aliphatic heterocycles. The van der Waals surface area contributed by atoms with E-state index in [1.165, 1.54) is 36.0 Å². The van der Waals surface area contributed by atoms with Gasteiger partial charge in [0.2, 0.25) is 0 Å². The van der Waals surface area contributed by atoms with E-state index in [1.54, 1.807) is 0 Å². The van der Waals surface area contributed by atoms with Gasteiger partial charge < -0.3 is 10.8 Å². The summed E-state index contributed by atoms with van der Waals surface area (Å²) in [5, 5.41) is 9.41. The van der Waals surface area contributed by atoms with Crippen molar-refractivity contribution < 1.29 is 5.11 Å². The third kappa shape index (κ3) is 4.46. The molecule has 0 aromatic heterocycles. The average Bonchev–Trinajstić information content (AvgIpc) is 3.03. The Balaban J connectivity index is 1.45. The molecule has 24 heavy (non-hydrogen) atoms. The van der Waals surface area contributed by atoms with Gasteiger partial charge >= 0.3 is 0 Å². The molecule has 0 spiro atoms. The van der Waals surface area contributed by atoms with Gasteiger partial charge in [0.15, 0.2) is 0 Å². The number of nitrogens with two attached hydrogens (primary N) is 1. The predicted molar refractivity (Wildman–Crippen MR) is 100 cm³/mol. The molecule has 1 saturated carbocycles. The molecular weight excluding hydrogens is 294 g/mol. The molecule has 0 radical (unpaired) electrons. The highest BCUT2D eigenvalue weighted by molar-refractivity contribution is 5.27. The van der Waals surface area contributed by atoms with E-state index in [4.69, 9.17) is 5.73 Å². The van der Waals surface area contributed by atoms with Crippen LogP contribution in [0.5, 0.6) is 0 Å². The van der Waals surface area contributed by atoms with Crippen LogP contribution in [-0.2, 0) is 12.8 Å². The minimum atomic E-state index is -0.360. The van der Waals surface area contributed by atoms with E-state index in [9.17, 15) is 5.11 Å². The molecule has 0 amide bonds. The van der Waals surface area contributed by atoms with Crippen LogP contribution in [0.25, 0.3) is 0 Å². The fourth-order valence-corrected chi connectivity index (χ4v) is 3.84. The van der Waals surface area contributed by atoms with Crippen LogP contribution in [0.1, 0.15) is 54.7 Å². The summed E-state index contributed by atoms with van der Waals surface area (Å²) in [6, 6.07) is 19.8. The quantitative estimate of drug-likeness (QED) is 0.750. The summed E-state index contributed by atoms with van der Waals surface area (Å²) in [6.45, 7) is 0.100. The molecule has 2 aromatic rings. The molecule has 2 heteroatoms. The first kappa shape index (κ1) is 17.2. The third-order valence-corrected chi connectivity index (χ3v) is 5.43. The zero-order valence-electron chi connectivity index (χ0n) is 14.5. The number of rotatable bonds is 7. The van der Waals surface area contributed by atoms with E-state index in [2.05, 4.69) is 54.6 Å². The molecule has 1 aliphatic rings. The summed E-state index contributed by atoms with van der Waals surface area (Å²) in [5.74, 6) is 0.509. The van der Waals surface area contributed by atoms with Crippen LogP contribution in [0.4, 0.5) is 0 Å². The van der Waals surface area contributed by atoms with E-state index in [1.807, 2.05) is 0 Å². The number of hydrogen-bond acceptors (Lipinski definition) is 2. The molecule has 2 aromatic carbocycles. The Bertz CT molecular complexity index is 622. The molecule has 0 unspecified atom stereocenters. The monoisotopic (exact) mass is 323 g/mol. The second kappa shape index (κ2) is 7.96. The molecular formula is C22H29NO. The Morgan fingerprint density at radius 1 is 0.917 bits per heavy atom. The Morgan fingerprint density at radius 3 is 2.12 bits per heavy atom. The van der Waals surface area contributed by atoms with Gasteiger partial charge in [-0.15, -0.1) is 0 Å². The zero-order chi connectivity index (χ0) is 16.8. The van der Waals surface area contributed by atoms with Gasteiger partial charge in [-0.2, -0.15) is 0 Å². The Morgan fingerprint density at radius 2 is 1.54 bits per heavy atom. The summed E-state index contributed by atoms with van der Waals surface area (Å²) >= 11 is 0. The molecule has 2 atom stereocenters. The number of benzene rings is 2. The normalized spacial score (nSPS) is 23.5. The van der Waals surface area contributed by atoms with Gasteiger partial charge in [0.1, 0.15) is 0 Å². The van der Waals surface area contributed by atoms with Crippen molar-refractivity contribution in [1.29, 1.82) is 0 Å². The van der Waals surface area contributed by atoms with Crippen LogP contribution >= 0.6 is 0 Å². The van der Waals surface area contributed by atoms with E-state index in [-0.39, 0.29) is 12.1 Å². The van der Waals surface area contributed by atoms with Gasteiger partial charge in [0.05, 0.1) is 6.61 Å². The lowest BCUT2D eigenvalue weighted by Gasteiger charge is -2.21. The number of unbranched alkanes of at least 4 members (excludes halogenated alkanes) is 1. The summed E-state index contributed by atoms with van der Waals surface area (Å²) in [7, 11) is 0. The van der Waals surface area contributed by atoms with Crippen LogP contribution in [0.3, 0.4) is 0 Å². The van der Waals surface area contributed by atoms with Crippen molar-refractivity contribution in [2.24, 2.45) is 5.73 Å². The largest absolute Gasteiger partial charge is 0.394 e. The standard InChI is InChI=1S/C22H29NO/c23-22(17-24)15-14-21(16-22)20-12-10-19(11-13-20)9-5-4-8-18-6-2-1-3-7-18/h1-3,6-7,10-13,21,24H,4-5,8-9,14-17,23H2/t21-,22+/m1/s1. The molecule has 1 aliphatic carbocycles. The number of aryl methyl sites for hydroxylation is 2. The lowest BCUT2D eigenvalue weighted by Crippen LogP contribution is -2.40. The topological polar surface area (TPSA) is 46.2 Å². The van der Waals surface area contributed by atoms with Gasteiger partial charge in [-0.25, -0.2) is 0 Å². The maximum Gasteiger partial charge on any atom is 0.0611 e. The van der Waals surface area contributed by atoms with Crippen molar-refractivity contribution in [3.05, 3.63) is 71.3 Å². The number of aliphatic hydroxyl groups is 1. The zero-order valence-corrected chi connectivity index (χ0v) is 14.5. The molecule has 3 N–H and O–H groups in total. The maximum absolute atomic E-state index is 9.41. The average molecular weight is 323 g/mol. The minimum Gasteiger partial charge on any atom is -0.394 e. The van der Waals surface area contributed by atoms with Gasteiger partial charge in [-0.05, 0) is 67.6 Å². The smallest absolute Gasteiger partial charge is 0.0611 e. The first-order chi connectivity index (χ1) is 11.7. The van der Waals surface area contributed by atoms with E-state index >= 15 is 0 Å². The molecule has 0 saturated heterocycles. The fourth-order valence-electron chi connectivity index (χ4n) is 3.84. The van der Waals surface area contributed by atoms with E-state index < -0.39 is 0 Å². The molecule has 1 fully saturated rings. The van der Waals surface area contributed by atoms with Gasteiger partial charge in [0.25, 0.3) is 0 Å². The lowest BCUT2D eigenvalue weighted by molar-refractivity contribution is 0.198. The SMILES string of the molecule is N[C@@]1(CO)CC[C@@H](c2ccc(CCCCc3ccccc3)cc2)C1. The van der Waals surface area contributed by atoms with Crippen molar-refractivity contribution in [3.8, 4) is 0 Å². The Labute approximate surface area is 145 Å². The molecule has 0 heterocycles. The molecule has 2 nitrogen and oxygen atoms in total. The first-order valence-corrected chi connectivity index (χ1v) is 9.21. The third-order valence-electron chi connectivity index (χ3n) is 5.43. The van der Waals surface area contributed by atoms with Crippen LogP contribution in [0.2, 0.25) is 0 Å². The predicted octanol–water partition coefficient (Wildman–Crippen LogP) is 4.21. The van der Waals surface area contributed by atoms with Gasteiger partial charge in [0, 0.05) is 5.54 Å². The number of aliphatic hydroxyl groups excluding tert-OH is 1. The summed E-state index contributed by atoms with van der Waals surface area (Å²) in [4.78, 5) is 0. The minimum absolute atomic E-state index is 0.100. The number of hydrogen-bond donors (Lipinski definition) is 2. The van der Waals surface area contributed by atoms with E-state index in [0.29, 0.717) is 5.92 Å². The van der Waals surface area contributed by atoms with Crippen molar-refractivity contribution in [1.82, 2.24) is 0 Å². The summed E-state index contributed by atoms with van der Waals surface area (Å²) < 4.78 is 0. The highest BCUT2D eigenvalue weighted by atomic mass is 16.3. The molecule has 128 valence electrons. The van der Waals surface area contributed by atoms with E-state index in [0.717, 1.165) is 25.7 Å². The molecule has 0 bridgehead atoms. The van der Waals surface area contributed by atoms with Crippen molar-refractivity contribution >= 4 is 0 Å². The van der Waals surface area contributed by atoms with Gasteiger partial charge in [-0.1, -0.05) is 54.6 Å². The van der Waals surface area contributed by atoms with Crippen molar-refractivity contribution in [2.45, 2.75) is 56.4 Å². The Kier molecular flexibility index (Phi) is 5.70. The maximum atomic E-state index is 9.41. The summed E-state index contributed by atoms with van der Waals surface area (Å²) in [6.07, 6.45) is 7.70. The lowest BCUT2D eigenvalue weighted by atomic mass is 9.92. The first-order valence-electron chi connectivity index (χ1n) is 9.21. The Hall–Kier alpha value is -1.64. The van der Waals surface area contributed by atoms with Crippen molar-refractivity contribution in [2.75, 3.05) is 6.61 Å². The second-order valence-corrected chi connectivity index (χ2v) is 7.39. The van der Waals surface area contributed by atoms with Crippen LogP contribution < -0.4 is 5.73 Å². The molecule has 3 rings (SSSR count). The van der Waals surface area contributed by atoms with Crippen LogP contribution in [0.15, 0.2) is 54.6 Å². The van der Waals surface area contributed by atoms with Gasteiger partial charge in [-0.3, -0.25) is 0 Å². The second-order valence-electron chi connectivity index (χ2n) is 7.39. The highest BCUT2D eigenvalue weighted by Gasteiger charge is 2.35. The fraction of sp³-hybridized carbons (Fsp3) is 0.455. The van der Waals surface area contributed by atoms with Crippen LogP contribution in [-0.4, -0.2) is 17.3 Å². The summed E-state index contributed by atoms with van der Waals surface area (Å²) in [5.41, 5.74) is 10.1. The highest BCUT2D eigenvalue weighted by Crippen LogP contribution is 2.39.